The number of carboxylic acid groups (broad SMARTS) is 1. The second-order valence-corrected chi connectivity index (χ2v) is 5.01. The standard InChI is InChI=1S/C12H22N4O5/c1-16(2)11(20)14-6-5-13-10(19)15-12(9(17)18)3-7-21-8-4-12/h3-8H2,1-2H3,(H,14,20)(H,17,18)(H2,13,15,19). The van der Waals surface area contributed by atoms with Crippen LogP contribution in [-0.4, -0.2) is 74.0 Å². The molecule has 0 aromatic heterocycles. The van der Waals surface area contributed by atoms with Crippen LogP contribution in [0.2, 0.25) is 0 Å². The van der Waals surface area contributed by atoms with E-state index in [1.54, 1.807) is 14.1 Å². The third-order valence-corrected chi connectivity index (χ3v) is 3.20. The molecule has 1 fully saturated rings. The summed E-state index contributed by atoms with van der Waals surface area (Å²) in [5, 5.41) is 16.9. The Balaban J connectivity index is 2.35. The summed E-state index contributed by atoms with van der Waals surface area (Å²) >= 11 is 0. The van der Waals surface area contributed by atoms with Crippen molar-refractivity contribution in [2.75, 3.05) is 40.4 Å². The van der Waals surface area contributed by atoms with Crippen LogP contribution in [0.1, 0.15) is 12.8 Å². The van der Waals surface area contributed by atoms with Crippen LogP contribution in [0.25, 0.3) is 0 Å². The first-order chi connectivity index (χ1) is 9.87. The number of ether oxygens (including phenoxy) is 1. The van der Waals surface area contributed by atoms with Crippen LogP contribution in [0.15, 0.2) is 0 Å². The monoisotopic (exact) mass is 302 g/mol. The number of hydrogen-bond acceptors (Lipinski definition) is 4. The summed E-state index contributed by atoms with van der Waals surface area (Å²) in [5.74, 6) is -1.07. The summed E-state index contributed by atoms with van der Waals surface area (Å²) < 4.78 is 5.12. The van der Waals surface area contributed by atoms with Gasteiger partial charge in [-0.2, -0.15) is 0 Å². The van der Waals surface area contributed by atoms with Crippen molar-refractivity contribution >= 4 is 18.0 Å². The smallest absolute Gasteiger partial charge is 0.329 e. The summed E-state index contributed by atoms with van der Waals surface area (Å²) in [6.07, 6.45) is 0.459. The van der Waals surface area contributed by atoms with Crippen LogP contribution < -0.4 is 16.0 Å². The molecule has 1 aliphatic heterocycles. The number of amides is 4. The van der Waals surface area contributed by atoms with E-state index in [-0.39, 0.29) is 32.0 Å². The Morgan fingerprint density at radius 2 is 1.71 bits per heavy atom. The van der Waals surface area contributed by atoms with Crippen LogP contribution in [0, 0.1) is 0 Å². The molecule has 120 valence electrons. The predicted octanol–water partition coefficient (Wildman–Crippen LogP) is -0.809. The average molecular weight is 302 g/mol. The highest BCUT2D eigenvalue weighted by Crippen LogP contribution is 2.20. The molecule has 1 aliphatic rings. The fraction of sp³-hybridized carbons (Fsp3) is 0.750. The predicted molar refractivity (Wildman–Crippen MR) is 74.0 cm³/mol. The second-order valence-electron chi connectivity index (χ2n) is 5.01. The first-order valence-electron chi connectivity index (χ1n) is 6.70. The Kier molecular flexibility index (Phi) is 6.22. The van der Waals surface area contributed by atoms with Gasteiger partial charge in [-0.3, -0.25) is 0 Å². The molecule has 9 nitrogen and oxygen atoms in total. The van der Waals surface area contributed by atoms with E-state index in [0.717, 1.165) is 0 Å². The Morgan fingerprint density at radius 1 is 1.14 bits per heavy atom. The molecule has 0 saturated carbocycles. The van der Waals surface area contributed by atoms with Crippen molar-refractivity contribution < 1.29 is 24.2 Å². The molecule has 0 aliphatic carbocycles. The number of rotatable bonds is 5. The van der Waals surface area contributed by atoms with Gasteiger partial charge in [0.1, 0.15) is 5.54 Å². The number of urea groups is 2. The molecule has 0 radical (unpaired) electrons. The first kappa shape index (κ1) is 17.0. The van der Waals surface area contributed by atoms with Gasteiger partial charge in [0.05, 0.1) is 0 Å². The maximum Gasteiger partial charge on any atom is 0.329 e. The van der Waals surface area contributed by atoms with E-state index < -0.39 is 17.5 Å². The maximum absolute atomic E-state index is 11.7. The van der Waals surface area contributed by atoms with Crippen LogP contribution in [0.4, 0.5) is 9.59 Å². The van der Waals surface area contributed by atoms with Gasteiger partial charge in [-0.15, -0.1) is 0 Å². The van der Waals surface area contributed by atoms with Crippen molar-refractivity contribution in [3.8, 4) is 0 Å². The second kappa shape index (κ2) is 7.67. The molecule has 9 heteroatoms. The van der Waals surface area contributed by atoms with Crippen molar-refractivity contribution in [3.63, 3.8) is 0 Å². The lowest BCUT2D eigenvalue weighted by Gasteiger charge is -2.33. The van der Waals surface area contributed by atoms with Gasteiger partial charge in [-0.1, -0.05) is 0 Å². The van der Waals surface area contributed by atoms with Gasteiger partial charge < -0.3 is 30.7 Å². The Hall–Kier alpha value is -2.03. The highest BCUT2D eigenvalue weighted by molar-refractivity contribution is 5.86. The van der Waals surface area contributed by atoms with E-state index in [1.165, 1.54) is 4.90 Å². The topological polar surface area (TPSA) is 120 Å². The van der Waals surface area contributed by atoms with Gasteiger partial charge in [-0.25, -0.2) is 14.4 Å². The molecule has 1 saturated heterocycles. The fourth-order valence-corrected chi connectivity index (χ4v) is 1.88. The molecule has 0 aromatic rings. The van der Waals surface area contributed by atoms with Crippen LogP contribution in [-0.2, 0) is 9.53 Å². The normalized spacial score (nSPS) is 16.7. The zero-order chi connectivity index (χ0) is 15.9. The highest BCUT2D eigenvalue weighted by Gasteiger charge is 2.41. The maximum atomic E-state index is 11.7. The number of nitrogens with one attached hydrogen (secondary N) is 3. The molecule has 0 bridgehead atoms. The fourth-order valence-electron chi connectivity index (χ4n) is 1.88. The molecule has 0 spiro atoms. The van der Waals surface area contributed by atoms with Gasteiger partial charge in [-0.05, 0) is 0 Å². The van der Waals surface area contributed by atoms with Crippen molar-refractivity contribution in [3.05, 3.63) is 0 Å². The zero-order valence-electron chi connectivity index (χ0n) is 12.3. The SMILES string of the molecule is CN(C)C(=O)NCCNC(=O)NC1(C(=O)O)CCOCC1. The third-order valence-electron chi connectivity index (χ3n) is 3.20. The van der Waals surface area contributed by atoms with Crippen LogP contribution in [0.3, 0.4) is 0 Å². The van der Waals surface area contributed by atoms with Crippen molar-refractivity contribution in [1.29, 1.82) is 0 Å². The summed E-state index contributed by atoms with van der Waals surface area (Å²) in [7, 11) is 3.22. The summed E-state index contributed by atoms with van der Waals surface area (Å²) in [6.45, 7) is 1.06. The van der Waals surface area contributed by atoms with Gasteiger partial charge in [0, 0.05) is 53.2 Å². The van der Waals surface area contributed by atoms with Gasteiger partial charge in [0.2, 0.25) is 0 Å². The lowest BCUT2D eigenvalue weighted by atomic mass is 9.90. The molecular weight excluding hydrogens is 280 g/mol. The Labute approximate surface area is 123 Å². The minimum absolute atomic E-state index is 0.206. The highest BCUT2D eigenvalue weighted by atomic mass is 16.5. The minimum atomic E-state index is -1.28. The molecule has 0 atom stereocenters. The van der Waals surface area contributed by atoms with E-state index >= 15 is 0 Å². The number of nitrogens with zero attached hydrogens (tertiary/aromatic N) is 1. The van der Waals surface area contributed by atoms with Crippen molar-refractivity contribution in [2.45, 2.75) is 18.4 Å². The number of hydrogen-bond donors (Lipinski definition) is 4. The van der Waals surface area contributed by atoms with E-state index in [0.29, 0.717) is 13.2 Å². The van der Waals surface area contributed by atoms with E-state index in [9.17, 15) is 19.5 Å². The summed E-state index contributed by atoms with van der Waals surface area (Å²) in [5.41, 5.74) is -1.28. The average Bonchev–Trinajstić information content (AvgIpc) is 2.44. The molecule has 4 N–H and O–H groups in total. The Bertz CT molecular complexity index is 393. The number of carbonyl (C=O) groups is 3. The molecule has 1 rings (SSSR count). The first-order valence-corrected chi connectivity index (χ1v) is 6.70. The molecule has 0 aromatic carbocycles. The minimum Gasteiger partial charge on any atom is -0.480 e. The lowest BCUT2D eigenvalue weighted by Crippen LogP contribution is -2.60. The molecule has 21 heavy (non-hydrogen) atoms. The molecular formula is C12H22N4O5. The summed E-state index contributed by atoms with van der Waals surface area (Å²) in [6, 6.07) is -0.831. The van der Waals surface area contributed by atoms with Crippen molar-refractivity contribution in [1.82, 2.24) is 20.9 Å². The molecule has 4 amide bonds. The number of carbonyl (C=O) groups excluding carboxylic acids is 2. The van der Waals surface area contributed by atoms with Gasteiger partial charge in [0.15, 0.2) is 0 Å². The van der Waals surface area contributed by atoms with Gasteiger partial charge in [0.25, 0.3) is 0 Å². The van der Waals surface area contributed by atoms with E-state index in [1.807, 2.05) is 0 Å². The van der Waals surface area contributed by atoms with Gasteiger partial charge >= 0.3 is 18.0 Å². The molecule has 0 unspecified atom stereocenters. The zero-order valence-corrected chi connectivity index (χ0v) is 12.3. The molecule has 1 heterocycles. The lowest BCUT2D eigenvalue weighted by molar-refractivity contribution is -0.148. The third kappa shape index (κ3) is 5.10. The number of aliphatic carboxylic acids is 1. The van der Waals surface area contributed by atoms with E-state index in [2.05, 4.69) is 16.0 Å². The number of carboxylic acids is 1. The van der Waals surface area contributed by atoms with Crippen LogP contribution >= 0.6 is 0 Å². The van der Waals surface area contributed by atoms with E-state index in [4.69, 9.17) is 4.74 Å². The van der Waals surface area contributed by atoms with Crippen molar-refractivity contribution in [2.24, 2.45) is 0 Å². The largest absolute Gasteiger partial charge is 0.480 e. The quantitative estimate of drug-likeness (QED) is 0.495. The summed E-state index contributed by atoms with van der Waals surface area (Å²) in [4.78, 5) is 35.7. The Morgan fingerprint density at radius 3 is 2.24 bits per heavy atom. The van der Waals surface area contributed by atoms with Crippen LogP contribution in [0.5, 0.6) is 0 Å².